The summed E-state index contributed by atoms with van der Waals surface area (Å²) in [6.07, 6.45) is 2.58. The van der Waals surface area contributed by atoms with Crippen molar-refractivity contribution in [3.63, 3.8) is 0 Å². The van der Waals surface area contributed by atoms with Crippen molar-refractivity contribution in [2.24, 2.45) is 17.6 Å². The second-order valence-electron chi connectivity index (χ2n) is 5.69. The van der Waals surface area contributed by atoms with Crippen molar-refractivity contribution in [1.82, 2.24) is 10.2 Å². The molecule has 3 unspecified atom stereocenters. The normalized spacial score (nSPS) is 26.1. The molecule has 20 heavy (non-hydrogen) atoms. The fraction of sp³-hybridized carbons (Fsp3) is 0.857. The lowest BCUT2D eigenvalue weighted by atomic mass is 9.77. The number of likely N-dealkylation sites (N-methyl/N-ethyl adjacent to an activating group) is 1. The summed E-state index contributed by atoms with van der Waals surface area (Å²) in [7, 11) is 3.26. The van der Waals surface area contributed by atoms with Crippen LogP contribution in [0.1, 0.15) is 26.2 Å². The van der Waals surface area contributed by atoms with E-state index in [1.165, 1.54) is 4.90 Å². The van der Waals surface area contributed by atoms with Gasteiger partial charge in [-0.1, -0.05) is 6.92 Å². The molecule has 1 fully saturated rings. The van der Waals surface area contributed by atoms with Crippen LogP contribution in [0.4, 0.5) is 0 Å². The Morgan fingerprint density at radius 3 is 2.70 bits per heavy atom. The predicted octanol–water partition coefficient (Wildman–Crippen LogP) is -0.0291. The number of hydrogen-bond acceptors (Lipinski definition) is 4. The van der Waals surface area contributed by atoms with Crippen molar-refractivity contribution in [2.45, 2.75) is 32.2 Å². The lowest BCUT2D eigenvalue weighted by Gasteiger charge is -2.33. The third-order valence-electron chi connectivity index (χ3n) is 3.91. The molecule has 0 aromatic heterocycles. The smallest absolute Gasteiger partial charge is 0.239 e. The molecule has 3 N–H and O–H groups in total. The number of methoxy groups -OCH3 is 1. The van der Waals surface area contributed by atoms with Crippen LogP contribution < -0.4 is 11.1 Å². The second kappa shape index (κ2) is 8.21. The molecular weight excluding hydrogens is 258 g/mol. The molecule has 1 aliphatic carbocycles. The summed E-state index contributed by atoms with van der Waals surface area (Å²) in [6.45, 7) is 3.10. The molecule has 6 heteroatoms. The number of amides is 2. The first kappa shape index (κ1) is 16.9. The van der Waals surface area contributed by atoms with Gasteiger partial charge in [0.2, 0.25) is 11.8 Å². The first-order valence-corrected chi connectivity index (χ1v) is 7.22. The third-order valence-corrected chi connectivity index (χ3v) is 3.91. The number of carbonyl (C=O) groups is 2. The van der Waals surface area contributed by atoms with Gasteiger partial charge in [-0.3, -0.25) is 9.59 Å². The van der Waals surface area contributed by atoms with E-state index in [1.54, 1.807) is 14.2 Å². The van der Waals surface area contributed by atoms with Crippen molar-refractivity contribution in [1.29, 1.82) is 0 Å². The molecule has 0 spiro atoms. The Bertz CT molecular complexity index is 336. The fourth-order valence-corrected chi connectivity index (χ4v) is 2.73. The summed E-state index contributed by atoms with van der Waals surface area (Å²) < 4.78 is 4.86. The second-order valence-corrected chi connectivity index (χ2v) is 5.69. The fourth-order valence-electron chi connectivity index (χ4n) is 2.73. The van der Waals surface area contributed by atoms with E-state index in [2.05, 4.69) is 12.2 Å². The Morgan fingerprint density at radius 1 is 1.40 bits per heavy atom. The van der Waals surface area contributed by atoms with Gasteiger partial charge in [-0.25, -0.2) is 0 Å². The standard InChI is InChI=1S/C14H27N3O3/c1-10-8-11(15)4-5-12(10)14(19)17(2)9-13(18)16-6-7-20-3/h10-12H,4-9,15H2,1-3H3,(H,16,18). The third kappa shape index (κ3) is 5.09. The van der Waals surface area contributed by atoms with Crippen LogP contribution in [0.15, 0.2) is 0 Å². The van der Waals surface area contributed by atoms with Crippen LogP contribution >= 0.6 is 0 Å². The number of rotatable bonds is 6. The van der Waals surface area contributed by atoms with Gasteiger partial charge in [-0.2, -0.15) is 0 Å². The number of hydrogen-bond donors (Lipinski definition) is 2. The van der Waals surface area contributed by atoms with Gasteiger partial charge in [0.05, 0.1) is 13.2 Å². The molecule has 0 heterocycles. The topological polar surface area (TPSA) is 84.7 Å². The summed E-state index contributed by atoms with van der Waals surface area (Å²) in [5.41, 5.74) is 5.91. The monoisotopic (exact) mass is 285 g/mol. The average molecular weight is 285 g/mol. The van der Waals surface area contributed by atoms with Crippen LogP contribution in [0.5, 0.6) is 0 Å². The quantitative estimate of drug-likeness (QED) is 0.671. The number of carbonyl (C=O) groups excluding carboxylic acids is 2. The zero-order chi connectivity index (χ0) is 15.1. The maximum absolute atomic E-state index is 12.4. The van der Waals surface area contributed by atoms with E-state index in [-0.39, 0.29) is 36.2 Å². The van der Waals surface area contributed by atoms with Crippen molar-refractivity contribution in [2.75, 3.05) is 33.9 Å². The van der Waals surface area contributed by atoms with E-state index < -0.39 is 0 Å². The highest BCUT2D eigenvalue weighted by molar-refractivity contribution is 5.85. The van der Waals surface area contributed by atoms with E-state index in [0.29, 0.717) is 13.2 Å². The predicted molar refractivity (Wildman–Crippen MR) is 77.0 cm³/mol. The van der Waals surface area contributed by atoms with Gasteiger partial charge >= 0.3 is 0 Å². The zero-order valence-corrected chi connectivity index (χ0v) is 12.7. The highest BCUT2D eigenvalue weighted by Crippen LogP contribution is 2.30. The number of nitrogens with one attached hydrogen (secondary N) is 1. The van der Waals surface area contributed by atoms with Gasteiger partial charge in [0.15, 0.2) is 0 Å². The summed E-state index contributed by atoms with van der Waals surface area (Å²) in [5, 5.41) is 2.71. The van der Waals surface area contributed by atoms with Crippen molar-refractivity contribution in [3.05, 3.63) is 0 Å². The Labute approximate surface area is 121 Å². The van der Waals surface area contributed by atoms with E-state index >= 15 is 0 Å². The van der Waals surface area contributed by atoms with Crippen LogP contribution in [-0.2, 0) is 14.3 Å². The van der Waals surface area contributed by atoms with E-state index in [0.717, 1.165) is 19.3 Å². The minimum absolute atomic E-state index is 0.00780. The molecule has 116 valence electrons. The van der Waals surface area contributed by atoms with Gasteiger partial charge < -0.3 is 20.7 Å². The SMILES string of the molecule is COCCNC(=O)CN(C)C(=O)C1CCC(N)CC1C. The average Bonchev–Trinajstić information content (AvgIpc) is 2.38. The van der Waals surface area contributed by atoms with Crippen molar-refractivity contribution < 1.29 is 14.3 Å². The lowest BCUT2D eigenvalue weighted by molar-refractivity contribution is -0.140. The van der Waals surface area contributed by atoms with Crippen LogP contribution in [0.3, 0.4) is 0 Å². The highest BCUT2D eigenvalue weighted by Gasteiger charge is 2.32. The minimum atomic E-state index is -0.155. The van der Waals surface area contributed by atoms with Crippen LogP contribution in [0.2, 0.25) is 0 Å². The molecule has 6 nitrogen and oxygen atoms in total. The Kier molecular flexibility index (Phi) is 6.95. The molecule has 0 bridgehead atoms. The molecule has 1 aliphatic rings. The van der Waals surface area contributed by atoms with E-state index in [1.807, 2.05) is 0 Å². The molecule has 1 saturated carbocycles. The van der Waals surface area contributed by atoms with E-state index in [4.69, 9.17) is 10.5 Å². The van der Waals surface area contributed by atoms with E-state index in [9.17, 15) is 9.59 Å². The molecule has 1 rings (SSSR count). The van der Waals surface area contributed by atoms with Gasteiger partial charge in [-0.15, -0.1) is 0 Å². The van der Waals surface area contributed by atoms with Crippen LogP contribution in [-0.4, -0.2) is 56.6 Å². The zero-order valence-electron chi connectivity index (χ0n) is 12.7. The Balaban J connectivity index is 2.40. The summed E-state index contributed by atoms with van der Waals surface area (Å²) >= 11 is 0. The first-order valence-electron chi connectivity index (χ1n) is 7.22. The lowest BCUT2D eigenvalue weighted by Crippen LogP contribution is -2.45. The molecule has 3 atom stereocenters. The van der Waals surface area contributed by atoms with Gasteiger partial charge in [0.25, 0.3) is 0 Å². The Hall–Kier alpha value is -1.14. The molecular formula is C14H27N3O3. The molecule has 0 aliphatic heterocycles. The summed E-state index contributed by atoms with van der Waals surface area (Å²) in [6, 6.07) is 0.205. The van der Waals surface area contributed by atoms with Crippen LogP contribution in [0, 0.1) is 11.8 Å². The highest BCUT2D eigenvalue weighted by atomic mass is 16.5. The van der Waals surface area contributed by atoms with Gasteiger partial charge in [0.1, 0.15) is 0 Å². The molecule has 0 aromatic carbocycles. The Morgan fingerprint density at radius 2 is 2.10 bits per heavy atom. The summed E-state index contributed by atoms with van der Waals surface area (Å²) in [5.74, 6) is 0.168. The van der Waals surface area contributed by atoms with Gasteiger partial charge in [0, 0.05) is 32.7 Å². The minimum Gasteiger partial charge on any atom is -0.383 e. The van der Waals surface area contributed by atoms with Crippen LogP contribution in [0.25, 0.3) is 0 Å². The molecule has 0 radical (unpaired) electrons. The molecule has 2 amide bonds. The van der Waals surface area contributed by atoms with Crippen molar-refractivity contribution in [3.8, 4) is 0 Å². The number of ether oxygens (including phenoxy) is 1. The molecule has 0 saturated heterocycles. The maximum Gasteiger partial charge on any atom is 0.239 e. The first-order chi connectivity index (χ1) is 9.45. The summed E-state index contributed by atoms with van der Waals surface area (Å²) in [4.78, 5) is 25.5. The number of nitrogens with zero attached hydrogens (tertiary/aromatic N) is 1. The largest absolute Gasteiger partial charge is 0.383 e. The molecule has 0 aromatic rings. The number of nitrogens with two attached hydrogens (primary N) is 1. The van der Waals surface area contributed by atoms with Gasteiger partial charge in [-0.05, 0) is 25.2 Å². The van der Waals surface area contributed by atoms with Crippen molar-refractivity contribution >= 4 is 11.8 Å². The maximum atomic E-state index is 12.4.